The second-order valence-corrected chi connectivity index (χ2v) is 7.14. The van der Waals surface area contributed by atoms with Gasteiger partial charge in [0.05, 0.1) is 5.70 Å². The molecule has 0 heterocycles. The molecule has 2 amide bonds. The van der Waals surface area contributed by atoms with Gasteiger partial charge in [-0.3, -0.25) is 4.79 Å². The molecule has 0 bridgehead atoms. The molecule has 2 N–H and O–H groups in total. The lowest BCUT2D eigenvalue weighted by Crippen LogP contribution is -2.41. The van der Waals surface area contributed by atoms with E-state index in [0.29, 0.717) is 10.9 Å². The predicted octanol–water partition coefficient (Wildman–Crippen LogP) is 3.33. The van der Waals surface area contributed by atoms with Gasteiger partial charge >= 0.3 is 6.09 Å². The van der Waals surface area contributed by atoms with Crippen molar-refractivity contribution in [1.29, 1.82) is 0 Å². The van der Waals surface area contributed by atoms with Crippen molar-refractivity contribution in [1.82, 2.24) is 10.6 Å². The minimum absolute atomic E-state index is 0.203. The maximum atomic E-state index is 11.9. The van der Waals surface area contributed by atoms with Gasteiger partial charge in [0.15, 0.2) is 5.17 Å². The van der Waals surface area contributed by atoms with Crippen molar-refractivity contribution >= 4 is 34.6 Å². The molecule has 1 rings (SSSR count). The van der Waals surface area contributed by atoms with Crippen LogP contribution in [0.4, 0.5) is 4.79 Å². The quantitative estimate of drug-likeness (QED) is 0.635. The third kappa shape index (κ3) is 8.39. The van der Waals surface area contributed by atoms with Crippen LogP contribution in [0.1, 0.15) is 31.9 Å². The largest absolute Gasteiger partial charge is 0.444 e. The number of carbonyl (C=O) groups is 2. The number of aliphatic imine (C=N–C) groups is 1. The van der Waals surface area contributed by atoms with Gasteiger partial charge in [-0.05, 0) is 45.6 Å². The first-order chi connectivity index (χ1) is 11.6. The molecule has 0 saturated carbocycles. The molecular formula is C18H25N3O3S. The second-order valence-electron chi connectivity index (χ2n) is 6.34. The number of amidine groups is 1. The molecule has 0 saturated heterocycles. The minimum Gasteiger partial charge on any atom is -0.444 e. The third-order valence-electron chi connectivity index (χ3n) is 2.82. The number of ether oxygens (including phenoxy) is 1. The van der Waals surface area contributed by atoms with Crippen LogP contribution in [0.15, 0.2) is 35.8 Å². The number of carbonyl (C=O) groups excluding carboxylic acids is 2. The zero-order valence-corrected chi connectivity index (χ0v) is 16.1. The van der Waals surface area contributed by atoms with Gasteiger partial charge in [0.1, 0.15) is 12.1 Å². The Labute approximate surface area is 153 Å². The van der Waals surface area contributed by atoms with E-state index in [0.717, 1.165) is 11.1 Å². The number of amides is 2. The maximum Gasteiger partial charge on any atom is 0.408 e. The van der Waals surface area contributed by atoms with Crippen LogP contribution in [-0.2, 0) is 9.53 Å². The molecule has 0 aromatic heterocycles. The molecular weight excluding hydrogens is 338 g/mol. The van der Waals surface area contributed by atoms with E-state index in [-0.39, 0.29) is 6.54 Å². The smallest absolute Gasteiger partial charge is 0.408 e. The van der Waals surface area contributed by atoms with Gasteiger partial charge in [-0.15, -0.1) is 0 Å². The standard InChI is InChI=1S/C18H25N3O3S/c1-12-8-7-9-14(10-12)13(2)20-16(25-6)21-15(22)11-19-17(23)24-18(3,4)5/h7-10H,2,11H2,1,3-6H3,(H,19,23)(H,20,21,22). The van der Waals surface area contributed by atoms with E-state index in [1.54, 1.807) is 27.0 Å². The van der Waals surface area contributed by atoms with Crippen molar-refractivity contribution in [3.63, 3.8) is 0 Å². The number of nitrogens with zero attached hydrogens (tertiary/aromatic N) is 1. The Bertz CT molecular complexity index is 678. The third-order valence-corrected chi connectivity index (χ3v) is 3.40. The Balaban J connectivity index is 2.61. The van der Waals surface area contributed by atoms with Crippen LogP contribution >= 0.6 is 11.8 Å². The van der Waals surface area contributed by atoms with Gasteiger partial charge < -0.3 is 15.4 Å². The highest BCUT2D eigenvalue weighted by Crippen LogP contribution is 2.16. The highest BCUT2D eigenvalue weighted by Gasteiger charge is 2.17. The van der Waals surface area contributed by atoms with Crippen molar-refractivity contribution in [2.75, 3.05) is 12.8 Å². The van der Waals surface area contributed by atoms with Crippen molar-refractivity contribution in [3.8, 4) is 0 Å². The summed E-state index contributed by atoms with van der Waals surface area (Å²) < 4.78 is 5.07. The Morgan fingerprint density at radius 1 is 1.32 bits per heavy atom. The van der Waals surface area contributed by atoms with Crippen LogP contribution in [0.25, 0.3) is 5.70 Å². The molecule has 1 aromatic rings. The van der Waals surface area contributed by atoms with E-state index >= 15 is 0 Å². The molecule has 0 aliphatic rings. The zero-order chi connectivity index (χ0) is 19.0. The van der Waals surface area contributed by atoms with Crippen LogP contribution in [0, 0.1) is 6.92 Å². The number of hydrogen-bond acceptors (Lipinski definition) is 5. The molecule has 0 unspecified atom stereocenters. The molecule has 0 aliphatic heterocycles. The fraction of sp³-hybridized carbons (Fsp3) is 0.389. The summed E-state index contributed by atoms with van der Waals surface area (Å²) in [6, 6.07) is 7.78. The molecule has 25 heavy (non-hydrogen) atoms. The summed E-state index contributed by atoms with van der Waals surface area (Å²) in [6.07, 6.45) is 1.15. The first-order valence-electron chi connectivity index (χ1n) is 7.76. The minimum atomic E-state index is -0.644. The summed E-state index contributed by atoms with van der Waals surface area (Å²) in [6.45, 7) is 11.0. The van der Waals surface area contributed by atoms with Crippen molar-refractivity contribution in [3.05, 3.63) is 42.0 Å². The van der Waals surface area contributed by atoms with Gasteiger partial charge in [0.25, 0.3) is 0 Å². The van der Waals surface area contributed by atoms with E-state index in [1.165, 1.54) is 11.8 Å². The molecule has 7 heteroatoms. The summed E-state index contributed by atoms with van der Waals surface area (Å²) in [4.78, 5) is 27.8. The molecule has 0 fully saturated rings. The van der Waals surface area contributed by atoms with E-state index in [4.69, 9.17) is 4.74 Å². The molecule has 0 atom stereocenters. The van der Waals surface area contributed by atoms with Crippen LogP contribution < -0.4 is 10.6 Å². The molecule has 136 valence electrons. The number of nitrogens with one attached hydrogen (secondary N) is 2. The number of aryl methyl sites for hydroxylation is 1. The van der Waals surface area contributed by atoms with Crippen LogP contribution in [0.2, 0.25) is 0 Å². The number of rotatable bonds is 4. The normalized spacial score (nSPS) is 11.6. The number of alkyl carbamates (subject to hydrolysis) is 1. The summed E-state index contributed by atoms with van der Waals surface area (Å²) >= 11 is 1.28. The summed E-state index contributed by atoms with van der Waals surface area (Å²) in [5.74, 6) is -0.393. The Kier molecular flexibility index (Phi) is 7.70. The van der Waals surface area contributed by atoms with Gasteiger partial charge in [-0.25, -0.2) is 9.79 Å². The Morgan fingerprint density at radius 3 is 2.56 bits per heavy atom. The lowest BCUT2D eigenvalue weighted by atomic mass is 10.1. The van der Waals surface area contributed by atoms with Gasteiger partial charge in [-0.2, -0.15) is 0 Å². The Morgan fingerprint density at radius 2 is 2.00 bits per heavy atom. The van der Waals surface area contributed by atoms with E-state index in [9.17, 15) is 9.59 Å². The summed E-state index contributed by atoms with van der Waals surface area (Å²) in [5, 5.41) is 5.45. The summed E-state index contributed by atoms with van der Waals surface area (Å²) in [7, 11) is 0. The average Bonchev–Trinajstić information content (AvgIpc) is 2.50. The topological polar surface area (TPSA) is 79.8 Å². The molecule has 1 aromatic carbocycles. The SMILES string of the molecule is C=C(N=C(NC(=O)CNC(=O)OC(C)(C)C)SC)c1cccc(C)c1. The van der Waals surface area contributed by atoms with Gasteiger partial charge in [0, 0.05) is 0 Å². The highest BCUT2D eigenvalue weighted by atomic mass is 32.2. The zero-order valence-electron chi connectivity index (χ0n) is 15.3. The Hall–Kier alpha value is -2.28. The molecule has 0 spiro atoms. The van der Waals surface area contributed by atoms with Crippen LogP contribution in [0.5, 0.6) is 0 Å². The average molecular weight is 363 g/mol. The fourth-order valence-electron chi connectivity index (χ4n) is 1.77. The van der Waals surface area contributed by atoms with Crippen molar-refractivity contribution in [2.24, 2.45) is 4.99 Å². The second kappa shape index (κ2) is 9.27. The van der Waals surface area contributed by atoms with Gasteiger partial charge in [0.2, 0.25) is 5.91 Å². The van der Waals surface area contributed by atoms with Crippen LogP contribution in [0.3, 0.4) is 0 Å². The first kappa shape index (κ1) is 20.8. The van der Waals surface area contributed by atoms with E-state index in [1.807, 2.05) is 31.2 Å². The predicted molar refractivity (Wildman–Crippen MR) is 104 cm³/mol. The lowest BCUT2D eigenvalue weighted by Gasteiger charge is -2.19. The lowest BCUT2D eigenvalue weighted by molar-refractivity contribution is -0.118. The maximum absolute atomic E-state index is 11.9. The van der Waals surface area contributed by atoms with E-state index < -0.39 is 17.6 Å². The van der Waals surface area contributed by atoms with Crippen molar-refractivity contribution < 1.29 is 14.3 Å². The molecule has 0 radical (unpaired) electrons. The molecule has 6 nitrogen and oxygen atoms in total. The highest BCUT2D eigenvalue weighted by molar-refractivity contribution is 8.13. The number of benzene rings is 1. The first-order valence-corrected chi connectivity index (χ1v) is 8.98. The summed E-state index contributed by atoms with van der Waals surface area (Å²) in [5.41, 5.74) is 1.92. The van der Waals surface area contributed by atoms with Gasteiger partial charge in [-0.1, -0.05) is 42.1 Å². The number of hydrogen-bond donors (Lipinski definition) is 2. The van der Waals surface area contributed by atoms with Crippen LogP contribution in [-0.4, -0.2) is 35.6 Å². The fourth-order valence-corrected chi connectivity index (χ4v) is 2.18. The molecule has 0 aliphatic carbocycles. The van der Waals surface area contributed by atoms with E-state index in [2.05, 4.69) is 22.2 Å². The number of thioether (sulfide) groups is 1. The van der Waals surface area contributed by atoms with Crippen molar-refractivity contribution in [2.45, 2.75) is 33.3 Å². The monoisotopic (exact) mass is 363 g/mol.